The van der Waals surface area contributed by atoms with Gasteiger partial charge in [-0.05, 0) is 50.3 Å². The lowest BCUT2D eigenvalue weighted by atomic mass is 10.0. The summed E-state index contributed by atoms with van der Waals surface area (Å²) < 4.78 is 69.0. The molecule has 3 rings (SSSR count). The van der Waals surface area contributed by atoms with E-state index < -0.39 is 35.7 Å². The number of rotatable bonds is 4. The average molecular weight is 458 g/mol. The van der Waals surface area contributed by atoms with Crippen LogP contribution in [0.4, 0.5) is 33.3 Å². The fraction of sp³-hybridized carbons (Fsp3) is 0.316. The van der Waals surface area contributed by atoms with Crippen molar-refractivity contribution in [1.29, 1.82) is 5.26 Å². The third kappa shape index (κ3) is 4.11. The van der Waals surface area contributed by atoms with Gasteiger partial charge in [-0.2, -0.15) is 27.2 Å². The van der Waals surface area contributed by atoms with Gasteiger partial charge < -0.3 is 14.7 Å². The molecule has 2 aromatic rings. The van der Waals surface area contributed by atoms with E-state index in [4.69, 9.17) is 17.5 Å². The number of nitriles is 1. The van der Waals surface area contributed by atoms with E-state index in [9.17, 15) is 27.1 Å². The van der Waals surface area contributed by atoms with E-state index in [1.807, 2.05) is 0 Å². The number of aliphatic hydroxyl groups excluding tert-OH is 1. The summed E-state index contributed by atoms with van der Waals surface area (Å²) in [7, 11) is 0. The van der Waals surface area contributed by atoms with Gasteiger partial charge in [0.2, 0.25) is 5.88 Å². The molecule has 1 atom stereocenters. The summed E-state index contributed by atoms with van der Waals surface area (Å²) >= 11 is 5.42. The van der Waals surface area contributed by atoms with E-state index in [1.54, 1.807) is 13.8 Å². The van der Waals surface area contributed by atoms with Crippen LogP contribution in [0.2, 0.25) is 0 Å². The zero-order valence-electron chi connectivity index (χ0n) is 16.1. The largest absolute Gasteiger partial charge is 0.417 e. The normalized spacial score (nSPS) is 18.5. The molecule has 0 spiro atoms. The maximum atomic E-state index is 13.4. The first-order valence-electron chi connectivity index (χ1n) is 8.71. The summed E-state index contributed by atoms with van der Waals surface area (Å²) in [5.41, 5.74) is -2.61. The summed E-state index contributed by atoms with van der Waals surface area (Å²) in [6.45, 7) is 0.142. The number of halogens is 5. The first-order chi connectivity index (χ1) is 14.4. The van der Waals surface area contributed by atoms with Crippen molar-refractivity contribution >= 4 is 28.7 Å². The van der Waals surface area contributed by atoms with Crippen LogP contribution in [0.25, 0.3) is 0 Å². The standard InChI is InChI=1S/C19H15F5N4O2S/c1-18(2)15(29)27(11-4-3-10(8-25)13(7-11)19(22,23)24)17(31)28(18)12-5-6-14(26-9-12)30-16(20)21/h3-7,9,15-16,29H,1-2H3. The van der Waals surface area contributed by atoms with E-state index in [2.05, 4.69) is 9.72 Å². The summed E-state index contributed by atoms with van der Waals surface area (Å²) in [6, 6.07) is 7.05. The predicted octanol–water partition coefficient (Wildman–Crippen LogP) is 4.28. The van der Waals surface area contributed by atoms with Gasteiger partial charge in [0.1, 0.15) is 0 Å². The third-order valence-electron chi connectivity index (χ3n) is 4.75. The molecule has 31 heavy (non-hydrogen) atoms. The fourth-order valence-electron chi connectivity index (χ4n) is 3.26. The number of hydrogen-bond acceptors (Lipinski definition) is 5. The number of ether oxygens (including phenoxy) is 1. The first kappa shape index (κ1) is 22.6. The molecule has 2 heterocycles. The predicted molar refractivity (Wildman–Crippen MR) is 105 cm³/mol. The molecular formula is C19H15F5N4O2S. The van der Waals surface area contributed by atoms with Crippen molar-refractivity contribution in [3.8, 4) is 11.9 Å². The number of thiocarbonyl (C=S) groups is 1. The highest BCUT2D eigenvalue weighted by Gasteiger charge is 2.50. The van der Waals surface area contributed by atoms with Crippen LogP contribution in [0.3, 0.4) is 0 Å². The number of nitrogens with zero attached hydrogens (tertiary/aromatic N) is 4. The van der Waals surface area contributed by atoms with Crippen molar-refractivity contribution in [2.24, 2.45) is 0 Å². The molecule has 6 nitrogen and oxygen atoms in total. The zero-order chi connectivity index (χ0) is 23.1. The van der Waals surface area contributed by atoms with Crippen molar-refractivity contribution < 1.29 is 31.8 Å². The van der Waals surface area contributed by atoms with Gasteiger partial charge in [0.15, 0.2) is 11.3 Å². The van der Waals surface area contributed by atoms with Crippen LogP contribution in [0.15, 0.2) is 36.5 Å². The zero-order valence-corrected chi connectivity index (χ0v) is 16.9. The monoisotopic (exact) mass is 458 g/mol. The minimum Gasteiger partial charge on any atom is -0.417 e. The van der Waals surface area contributed by atoms with Crippen molar-refractivity contribution in [3.05, 3.63) is 47.7 Å². The topological polar surface area (TPSA) is 72.6 Å². The molecule has 1 aliphatic heterocycles. The van der Waals surface area contributed by atoms with Crippen LogP contribution >= 0.6 is 12.2 Å². The van der Waals surface area contributed by atoms with Crippen molar-refractivity contribution in [3.63, 3.8) is 0 Å². The van der Waals surface area contributed by atoms with Crippen molar-refractivity contribution in [2.45, 2.75) is 38.4 Å². The maximum absolute atomic E-state index is 13.4. The SMILES string of the molecule is CC1(C)C(O)N(c2ccc(C#N)c(C(F)(F)F)c2)C(=S)N1c1ccc(OC(F)F)nc1. The Morgan fingerprint density at radius 2 is 1.87 bits per heavy atom. The molecule has 0 bridgehead atoms. The molecule has 1 saturated heterocycles. The molecule has 1 aromatic carbocycles. The van der Waals surface area contributed by atoms with Gasteiger partial charge in [-0.3, -0.25) is 4.90 Å². The Hall–Kier alpha value is -3.04. The summed E-state index contributed by atoms with van der Waals surface area (Å²) in [4.78, 5) is 6.33. The smallest absolute Gasteiger partial charge is 0.417 e. The molecular weight excluding hydrogens is 443 g/mol. The molecule has 12 heteroatoms. The van der Waals surface area contributed by atoms with Crippen molar-refractivity contribution in [1.82, 2.24) is 4.98 Å². The number of aromatic nitrogens is 1. The molecule has 1 aromatic heterocycles. The number of anilines is 2. The average Bonchev–Trinajstić information content (AvgIpc) is 2.85. The van der Waals surface area contributed by atoms with E-state index in [-0.39, 0.29) is 16.7 Å². The van der Waals surface area contributed by atoms with Crippen LogP contribution in [-0.4, -0.2) is 33.6 Å². The Morgan fingerprint density at radius 3 is 2.39 bits per heavy atom. The summed E-state index contributed by atoms with van der Waals surface area (Å²) in [5.74, 6) is -0.332. The van der Waals surface area contributed by atoms with E-state index in [1.165, 1.54) is 35.4 Å². The molecule has 0 aliphatic carbocycles. The molecule has 1 fully saturated rings. The Labute approximate surface area is 179 Å². The molecule has 0 radical (unpaired) electrons. The Bertz CT molecular complexity index is 1040. The van der Waals surface area contributed by atoms with Gasteiger partial charge in [0.05, 0.1) is 34.6 Å². The number of hydrogen-bond donors (Lipinski definition) is 1. The lowest BCUT2D eigenvalue weighted by Gasteiger charge is -2.32. The highest BCUT2D eigenvalue weighted by atomic mass is 32.1. The molecule has 0 amide bonds. The van der Waals surface area contributed by atoms with Gasteiger partial charge in [0.25, 0.3) is 0 Å². The van der Waals surface area contributed by atoms with Gasteiger partial charge >= 0.3 is 12.8 Å². The van der Waals surface area contributed by atoms with Gasteiger partial charge in [-0.1, -0.05) is 0 Å². The highest BCUT2D eigenvalue weighted by Crippen LogP contribution is 2.41. The van der Waals surface area contributed by atoms with Crippen LogP contribution in [0, 0.1) is 11.3 Å². The van der Waals surface area contributed by atoms with E-state index in [0.717, 1.165) is 17.0 Å². The number of alkyl halides is 5. The molecule has 1 N–H and O–H groups in total. The molecule has 164 valence electrons. The Balaban J connectivity index is 2.02. The minimum atomic E-state index is -4.78. The van der Waals surface area contributed by atoms with Gasteiger partial charge in [-0.25, -0.2) is 4.98 Å². The second kappa shape index (κ2) is 7.90. The number of pyridine rings is 1. The Kier molecular flexibility index (Phi) is 5.77. The van der Waals surface area contributed by atoms with Crippen LogP contribution in [0.1, 0.15) is 25.0 Å². The molecule has 0 saturated carbocycles. The van der Waals surface area contributed by atoms with E-state index in [0.29, 0.717) is 5.69 Å². The van der Waals surface area contributed by atoms with Crippen molar-refractivity contribution in [2.75, 3.05) is 9.80 Å². The fourth-order valence-corrected chi connectivity index (χ4v) is 3.81. The quantitative estimate of drug-likeness (QED) is 0.542. The minimum absolute atomic E-state index is 0.0420. The highest BCUT2D eigenvalue weighted by molar-refractivity contribution is 7.80. The number of aliphatic hydroxyl groups is 1. The maximum Gasteiger partial charge on any atom is 0.417 e. The number of benzene rings is 1. The van der Waals surface area contributed by atoms with Gasteiger partial charge in [0, 0.05) is 11.8 Å². The first-order valence-corrected chi connectivity index (χ1v) is 9.12. The lowest BCUT2D eigenvalue weighted by Crippen LogP contribution is -2.47. The second-order valence-corrected chi connectivity index (χ2v) is 7.45. The second-order valence-electron chi connectivity index (χ2n) is 7.09. The van der Waals surface area contributed by atoms with Gasteiger partial charge in [-0.15, -0.1) is 0 Å². The molecule has 1 aliphatic rings. The van der Waals surface area contributed by atoms with Crippen LogP contribution in [0.5, 0.6) is 5.88 Å². The molecule has 1 unspecified atom stereocenters. The lowest BCUT2D eigenvalue weighted by molar-refractivity contribution is -0.137. The summed E-state index contributed by atoms with van der Waals surface area (Å²) in [5, 5.41) is 19.8. The van der Waals surface area contributed by atoms with Crippen LogP contribution in [-0.2, 0) is 6.18 Å². The Morgan fingerprint density at radius 1 is 1.23 bits per heavy atom. The van der Waals surface area contributed by atoms with Crippen LogP contribution < -0.4 is 14.5 Å². The third-order valence-corrected chi connectivity index (χ3v) is 5.13. The summed E-state index contributed by atoms with van der Waals surface area (Å²) in [6.07, 6.45) is -4.96. The van der Waals surface area contributed by atoms with E-state index >= 15 is 0 Å².